The van der Waals surface area contributed by atoms with Crippen LogP contribution >= 0.6 is 0 Å². The molecule has 0 radical (unpaired) electrons. The van der Waals surface area contributed by atoms with Gasteiger partial charge in [-0.25, -0.2) is 4.79 Å². The van der Waals surface area contributed by atoms with Crippen molar-refractivity contribution in [1.82, 2.24) is 10.2 Å². The van der Waals surface area contributed by atoms with Gasteiger partial charge in [0.05, 0.1) is 18.6 Å². The number of rotatable bonds is 14. The molecule has 0 saturated heterocycles. The summed E-state index contributed by atoms with van der Waals surface area (Å²) in [6, 6.07) is 8.28. The number of aryl methyl sites for hydroxylation is 1. The zero-order valence-electron chi connectivity index (χ0n) is 20.9. The Balaban J connectivity index is 1.83. The first-order valence-electron chi connectivity index (χ1n) is 12.9. The maximum atomic E-state index is 12.8. The zero-order valence-corrected chi connectivity index (χ0v) is 20.9. The molecule has 1 aliphatic rings. The van der Waals surface area contributed by atoms with E-state index in [2.05, 4.69) is 43.4 Å². The van der Waals surface area contributed by atoms with Gasteiger partial charge in [-0.3, -0.25) is 4.79 Å². The number of amides is 2. The Kier molecular flexibility index (Phi) is 12.3. The van der Waals surface area contributed by atoms with E-state index in [1.807, 2.05) is 11.8 Å². The molecule has 6 nitrogen and oxygen atoms in total. The molecule has 1 aliphatic carbocycles. The van der Waals surface area contributed by atoms with E-state index in [1.54, 1.807) is 0 Å². The van der Waals surface area contributed by atoms with Gasteiger partial charge in [-0.2, -0.15) is 0 Å². The molecule has 1 aromatic carbocycles. The lowest BCUT2D eigenvalue weighted by Gasteiger charge is -2.31. The lowest BCUT2D eigenvalue weighted by atomic mass is 9.82. The van der Waals surface area contributed by atoms with E-state index in [0.717, 1.165) is 56.9 Å². The Labute approximate surface area is 200 Å². The van der Waals surface area contributed by atoms with Gasteiger partial charge in [0.1, 0.15) is 0 Å². The van der Waals surface area contributed by atoms with Crippen LogP contribution < -0.4 is 5.32 Å². The smallest absolute Gasteiger partial charge is 0.317 e. The Morgan fingerprint density at radius 1 is 1.21 bits per heavy atom. The molecule has 0 spiro atoms. The second-order valence-corrected chi connectivity index (χ2v) is 9.54. The van der Waals surface area contributed by atoms with Crippen molar-refractivity contribution in [3.8, 4) is 0 Å². The summed E-state index contributed by atoms with van der Waals surface area (Å²) < 4.78 is 6.22. The summed E-state index contributed by atoms with van der Waals surface area (Å²) in [7, 11) is 0. The summed E-state index contributed by atoms with van der Waals surface area (Å²) >= 11 is 0. The van der Waals surface area contributed by atoms with Crippen LogP contribution in [0.2, 0.25) is 0 Å². The first-order valence-corrected chi connectivity index (χ1v) is 12.9. The molecule has 1 unspecified atom stereocenters. The summed E-state index contributed by atoms with van der Waals surface area (Å²) in [6.45, 7) is 8.48. The molecule has 2 amide bonds. The van der Waals surface area contributed by atoms with Crippen molar-refractivity contribution < 1.29 is 19.4 Å². The van der Waals surface area contributed by atoms with Gasteiger partial charge in [0, 0.05) is 19.6 Å². The normalized spacial score (nSPS) is 19.1. The second-order valence-electron chi connectivity index (χ2n) is 9.54. The van der Waals surface area contributed by atoms with Crippen molar-refractivity contribution in [2.45, 2.75) is 91.2 Å². The molecule has 3 atom stereocenters. The molecule has 6 heteroatoms. The fourth-order valence-corrected chi connectivity index (χ4v) is 4.57. The minimum absolute atomic E-state index is 0.0339. The number of carbonyl (C=O) groups is 2. The molecule has 1 saturated carbocycles. The third-order valence-electron chi connectivity index (χ3n) is 6.80. The number of nitrogens with one attached hydrogen (secondary N) is 1. The average Bonchev–Trinajstić information content (AvgIpc) is 2.80. The molecule has 0 aromatic heterocycles. The van der Waals surface area contributed by atoms with E-state index in [9.17, 15) is 14.7 Å². The van der Waals surface area contributed by atoms with Crippen molar-refractivity contribution in [1.29, 1.82) is 0 Å². The van der Waals surface area contributed by atoms with Crippen LogP contribution in [0, 0.1) is 18.8 Å². The van der Waals surface area contributed by atoms with E-state index in [-0.39, 0.29) is 18.1 Å². The minimum Gasteiger partial charge on any atom is -0.481 e. The number of unbranched alkanes of at least 4 members (excludes halogenated alkanes) is 1. The van der Waals surface area contributed by atoms with E-state index < -0.39 is 5.97 Å². The monoisotopic (exact) mass is 460 g/mol. The van der Waals surface area contributed by atoms with E-state index in [4.69, 9.17) is 4.74 Å². The van der Waals surface area contributed by atoms with Crippen molar-refractivity contribution in [2.24, 2.45) is 11.8 Å². The van der Waals surface area contributed by atoms with Gasteiger partial charge in [0.2, 0.25) is 0 Å². The largest absolute Gasteiger partial charge is 0.481 e. The summed E-state index contributed by atoms with van der Waals surface area (Å²) in [6.07, 6.45) is 8.98. The fraction of sp³-hybridized carbons (Fsp3) is 0.704. The number of nitrogens with zero attached hydrogens (tertiary/aromatic N) is 1. The molecule has 2 rings (SSSR count). The highest BCUT2D eigenvalue weighted by Crippen LogP contribution is 2.31. The van der Waals surface area contributed by atoms with Gasteiger partial charge in [0.25, 0.3) is 0 Å². The van der Waals surface area contributed by atoms with Crippen LogP contribution in [-0.4, -0.2) is 47.8 Å². The number of carbonyl (C=O) groups excluding carboxylic acids is 1. The van der Waals surface area contributed by atoms with Gasteiger partial charge in [-0.1, -0.05) is 62.9 Å². The molecule has 1 aromatic rings. The van der Waals surface area contributed by atoms with Crippen LogP contribution in [0.4, 0.5) is 4.79 Å². The number of hydrogen-bond donors (Lipinski definition) is 2. The van der Waals surface area contributed by atoms with Crippen molar-refractivity contribution in [2.75, 3.05) is 19.7 Å². The number of ether oxygens (including phenoxy) is 1. The van der Waals surface area contributed by atoms with Gasteiger partial charge in [-0.05, 0) is 56.9 Å². The maximum absolute atomic E-state index is 12.8. The standard InChI is InChI=1S/C27H44N2O4/c1-4-6-16-28-27(32)29(20-23-12-10-21(3)11-13-23)17-18-33-25-9-7-8-22(19-25)14-15-24(5-2)26(30)31/h10-13,22,24-25H,4-9,14-20H2,1-3H3,(H,28,32)(H,30,31)/t22-,24?,25-/m1/s1. The van der Waals surface area contributed by atoms with Crippen LogP contribution in [0.5, 0.6) is 0 Å². The third kappa shape index (κ3) is 10.2. The molecular weight excluding hydrogens is 416 g/mol. The predicted molar refractivity (Wildman–Crippen MR) is 132 cm³/mol. The van der Waals surface area contributed by atoms with Crippen LogP contribution in [0.3, 0.4) is 0 Å². The molecule has 0 heterocycles. The number of hydrogen-bond acceptors (Lipinski definition) is 3. The highest BCUT2D eigenvalue weighted by molar-refractivity contribution is 5.74. The van der Waals surface area contributed by atoms with Gasteiger partial charge < -0.3 is 20.1 Å². The molecule has 33 heavy (non-hydrogen) atoms. The van der Waals surface area contributed by atoms with Crippen LogP contribution in [0.1, 0.15) is 82.8 Å². The fourth-order valence-electron chi connectivity index (χ4n) is 4.57. The first-order chi connectivity index (χ1) is 15.9. The predicted octanol–water partition coefficient (Wildman–Crippen LogP) is 5.77. The molecule has 0 aliphatic heterocycles. The highest BCUT2D eigenvalue weighted by atomic mass is 16.5. The van der Waals surface area contributed by atoms with Crippen molar-refractivity contribution in [3.05, 3.63) is 35.4 Å². The molecular formula is C27H44N2O4. The van der Waals surface area contributed by atoms with E-state index >= 15 is 0 Å². The topological polar surface area (TPSA) is 78.9 Å². The third-order valence-corrected chi connectivity index (χ3v) is 6.80. The van der Waals surface area contributed by atoms with Gasteiger partial charge in [0.15, 0.2) is 0 Å². The number of benzene rings is 1. The summed E-state index contributed by atoms with van der Waals surface area (Å²) in [5, 5.41) is 12.3. The number of urea groups is 1. The van der Waals surface area contributed by atoms with Gasteiger partial charge in [-0.15, -0.1) is 0 Å². The number of aliphatic carboxylic acids is 1. The zero-order chi connectivity index (χ0) is 24.1. The maximum Gasteiger partial charge on any atom is 0.317 e. The van der Waals surface area contributed by atoms with E-state index in [1.165, 1.54) is 5.56 Å². The van der Waals surface area contributed by atoms with Crippen molar-refractivity contribution in [3.63, 3.8) is 0 Å². The molecule has 186 valence electrons. The molecule has 1 fully saturated rings. The average molecular weight is 461 g/mol. The Bertz CT molecular complexity index is 707. The summed E-state index contributed by atoms with van der Waals surface area (Å²) in [5.74, 6) is -0.363. The summed E-state index contributed by atoms with van der Waals surface area (Å²) in [4.78, 5) is 25.9. The van der Waals surface area contributed by atoms with Crippen LogP contribution in [-0.2, 0) is 16.1 Å². The summed E-state index contributed by atoms with van der Waals surface area (Å²) in [5.41, 5.74) is 2.33. The van der Waals surface area contributed by atoms with Crippen LogP contribution in [0.15, 0.2) is 24.3 Å². The number of carboxylic acids is 1. The molecule has 2 N–H and O–H groups in total. The molecule has 0 bridgehead atoms. The van der Waals surface area contributed by atoms with Crippen LogP contribution in [0.25, 0.3) is 0 Å². The Morgan fingerprint density at radius 2 is 1.97 bits per heavy atom. The SMILES string of the molecule is CCCCNC(=O)N(CCO[C@@H]1CCC[C@H](CCC(CC)C(=O)O)C1)Cc1ccc(C)cc1. The number of carboxylic acid groups (broad SMARTS) is 1. The minimum atomic E-state index is -0.674. The quantitative estimate of drug-likeness (QED) is 0.345. The van der Waals surface area contributed by atoms with E-state index in [0.29, 0.717) is 38.6 Å². The lowest BCUT2D eigenvalue weighted by Crippen LogP contribution is -2.42. The lowest BCUT2D eigenvalue weighted by molar-refractivity contribution is -0.142. The second kappa shape index (κ2) is 14.9. The highest BCUT2D eigenvalue weighted by Gasteiger charge is 2.25. The first kappa shape index (κ1) is 27.2. The van der Waals surface area contributed by atoms with Crippen molar-refractivity contribution >= 4 is 12.0 Å². The Hall–Kier alpha value is -2.08. The van der Waals surface area contributed by atoms with Gasteiger partial charge >= 0.3 is 12.0 Å². The Morgan fingerprint density at radius 3 is 2.64 bits per heavy atom.